The van der Waals surface area contributed by atoms with E-state index in [1.165, 1.54) is 36.3 Å². The molecular formula is C20H18ClN3O7. The Morgan fingerprint density at radius 2 is 2.06 bits per heavy atom. The Hall–Kier alpha value is -3.66. The van der Waals surface area contributed by atoms with E-state index in [1.54, 1.807) is 18.2 Å². The van der Waals surface area contributed by atoms with Crippen LogP contribution in [0.3, 0.4) is 0 Å². The predicted molar refractivity (Wildman–Crippen MR) is 111 cm³/mol. The average molecular weight is 448 g/mol. The number of carbonyl (C=O) groups is 3. The molecule has 31 heavy (non-hydrogen) atoms. The van der Waals surface area contributed by atoms with E-state index in [4.69, 9.17) is 21.1 Å². The third-order valence-electron chi connectivity index (χ3n) is 4.59. The molecule has 3 rings (SSSR count). The Morgan fingerprint density at radius 1 is 1.29 bits per heavy atom. The molecule has 1 atom stereocenters. The van der Waals surface area contributed by atoms with Gasteiger partial charge >= 0.3 is 5.97 Å². The molecule has 1 saturated heterocycles. The van der Waals surface area contributed by atoms with Gasteiger partial charge in [-0.05, 0) is 24.3 Å². The van der Waals surface area contributed by atoms with Crippen LogP contribution >= 0.6 is 11.6 Å². The quantitative estimate of drug-likeness (QED) is 0.392. The second kappa shape index (κ2) is 9.43. The Bertz CT molecular complexity index is 1040. The molecule has 0 radical (unpaired) electrons. The molecule has 2 amide bonds. The molecule has 0 bridgehead atoms. The van der Waals surface area contributed by atoms with Crippen LogP contribution in [0, 0.1) is 16.0 Å². The molecular weight excluding hydrogens is 430 g/mol. The minimum atomic E-state index is -0.791. The number of nitrogens with zero attached hydrogens (tertiary/aromatic N) is 2. The van der Waals surface area contributed by atoms with Crippen molar-refractivity contribution in [3.05, 3.63) is 57.6 Å². The fraction of sp³-hybridized carbons (Fsp3) is 0.250. The molecule has 0 aromatic heterocycles. The monoisotopic (exact) mass is 447 g/mol. The second-order valence-electron chi connectivity index (χ2n) is 6.68. The number of hydrogen-bond donors (Lipinski definition) is 1. The van der Waals surface area contributed by atoms with Gasteiger partial charge in [0.1, 0.15) is 5.75 Å². The summed E-state index contributed by atoms with van der Waals surface area (Å²) in [6, 6.07) is 10.2. The van der Waals surface area contributed by atoms with Gasteiger partial charge in [0.2, 0.25) is 5.91 Å². The van der Waals surface area contributed by atoms with Crippen molar-refractivity contribution in [3.63, 3.8) is 0 Å². The number of hydrogen-bond acceptors (Lipinski definition) is 7. The minimum Gasteiger partial charge on any atom is -0.495 e. The summed E-state index contributed by atoms with van der Waals surface area (Å²) in [5, 5.41) is 13.9. The maximum Gasteiger partial charge on any atom is 0.311 e. The molecule has 10 nitrogen and oxygen atoms in total. The summed E-state index contributed by atoms with van der Waals surface area (Å²) in [7, 11) is 1.43. The Labute approximate surface area is 181 Å². The third kappa shape index (κ3) is 5.28. The second-order valence-corrected chi connectivity index (χ2v) is 7.12. The maximum absolute atomic E-state index is 12.3. The summed E-state index contributed by atoms with van der Waals surface area (Å²) >= 11 is 5.91. The Kier molecular flexibility index (Phi) is 6.71. The lowest BCUT2D eigenvalue weighted by Crippen LogP contribution is -2.28. The first-order valence-electron chi connectivity index (χ1n) is 9.13. The van der Waals surface area contributed by atoms with Gasteiger partial charge in [0.05, 0.1) is 29.3 Å². The largest absolute Gasteiger partial charge is 0.495 e. The molecule has 1 aliphatic heterocycles. The van der Waals surface area contributed by atoms with Crippen molar-refractivity contribution in [1.29, 1.82) is 0 Å². The SMILES string of the molecule is COc1ccc(Cl)cc1NC(=O)COC(=O)[C@H]1CC(=O)N(c2cccc([N+](=O)[O-])c2)C1. The number of amides is 2. The standard InChI is InChI=1S/C20H18ClN3O7/c1-30-17-6-5-13(21)8-16(17)22-18(25)11-31-20(27)12-7-19(26)23(10-12)14-3-2-4-15(9-14)24(28)29/h2-6,8-9,12H,7,10-11H2,1H3,(H,22,25)/t12-/m0/s1. The minimum absolute atomic E-state index is 0.00255. The van der Waals surface area contributed by atoms with Gasteiger partial charge < -0.3 is 19.7 Å². The molecule has 162 valence electrons. The number of ether oxygens (including phenoxy) is 2. The number of benzene rings is 2. The maximum atomic E-state index is 12.3. The van der Waals surface area contributed by atoms with Crippen LogP contribution in [-0.2, 0) is 19.1 Å². The molecule has 11 heteroatoms. The molecule has 0 saturated carbocycles. The number of nitro benzene ring substituents is 1. The number of nitrogens with one attached hydrogen (secondary N) is 1. The Balaban J connectivity index is 1.57. The van der Waals surface area contributed by atoms with Crippen molar-refractivity contribution in [3.8, 4) is 5.75 Å². The average Bonchev–Trinajstić information content (AvgIpc) is 3.14. The summed E-state index contributed by atoms with van der Waals surface area (Å²) < 4.78 is 10.2. The topological polar surface area (TPSA) is 128 Å². The molecule has 0 aliphatic carbocycles. The van der Waals surface area contributed by atoms with Crippen molar-refractivity contribution < 1.29 is 28.8 Å². The van der Waals surface area contributed by atoms with Gasteiger partial charge in [-0.1, -0.05) is 17.7 Å². The first-order valence-corrected chi connectivity index (χ1v) is 9.51. The summed E-state index contributed by atoms with van der Waals surface area (Å²) in [6.07, 6.45) is -0.120. The highest BCUT2D eigenvalue weighted by Crippen LogP contribution is 2.29. The first-order chi connectivity index (χ1) is 14.8. The third-order valence-corrected chi connectivity index (χ3v) is 4.83. The van der Waals surface area contributed by atoms with E-state index in [1.807, 2.05) is 0 Å². The van der Waals surface area contributed by atoms with E-state index in [0.29, 0.717) is 22.1 Å². The van der Waals surface area contributed by atoms with E-state index in [2.05, 4.69) is 5.32 Å². The normalized spacial score (nSPS) is 15.5. The number of non-ortho nitro benzene ring substituents is 1. The summed E-state index contributed by atoms with van der Waals surface area (Å²) in [5.41, 5.74) is 0.480. The fourth-order valence-electron chi connectivity index (χ4n) is 3.11. The van der Waals surface area contributed by atoms with Gasteiger partial charge in [-0.2, -0.15) is 0 Å². The van der Waals surface area contributed by atoms with Gasteiger partial charge in [0, 0.05) is 30.1 Å². The van der Waals surface area contributed by atoms with Crippen LogP contribution in [0.5, 0.6) is 5.75 Å². The molecule has 0 unspecified atom stereocenters. The zero-order valence-corrected chi connectivity index (χ0v) is 17.1. The van der Waals surface area contributed by atoms with Crippen LogP contribution in [0.2, 0.25) is 5.02 Å². The lowest BCUT2D eigenvalue weighted by atomic mass is 10.1. The number of nitro groups is 1. The molecule has 1 heterocycles. The molecule has 2 aromatic carbocycles. The van der Waals surface area contributed by atoms with Gasteiger partial charge in [0.25, 0.3) is 11.6 Å². The molecule has 1 fully saturated rings. The van der Waals surface area contributed by atoms with E-state index in [0.717, 1.165) is 0 Å². The van der Waals surface area contributed by atoms with Gasteiger partial charge in [-0.25, -0.2) is 0 Å². The summed E-state index contributed by atoms with van der Waals surface area (Å²) in [5.74, 6) is -2.09. The molecule has 0 spiro atoms. The van der Waals surface area contributed by atoms with Crippen molar-refractivity contribution in [1.82, 2.24) is 0 Å². The van der Waals surface area contributed by atoms with Gasteiger partial charge in [-0.3, -0.25) is 24.5 Å². The lowest BCUT2D eigenvalue weighted by Gasteiger charge is -2.16. The number of halogens is 1. The van der Waals surface area contributed by atoms with E-state index in [9.17, 15) is 24.5 Å². The summed E-state index contributed by atoms with van der Waals surface area (Å²) in [6.45, 7) is -0.557. The van der Waals surface area contributed by atoms with Crippen LogP contribution < -0.4 is 15.0 Å². The number of anilines is 2. The number of carbonyl (C=O) groups excluding carboxylic acids is 3. The zero-order valence-electron chi connectivity index (χ0n) is 16.4. The molecule has 1 N–H and O–H groups in total. The summed E-state index contributed by atoms with van der Waals surface area (Å²) in [4.78, 5) is 48.4. The van der Waals surface area contributed by atoms with E-state index < -0.39 is 29.3 Å². The van der Waals surface area contributed by atoms with Crippen molar-refractivity contribution in [2.45, 2.75) is 6.42 Å². The first kappa shape index (κ1) is 22.0. The highest BCUT2D eigenvalue weighted by molar-refractivity contribution is 6.31. The fourth-order valence-corrected chi connectivity index (χ4v) is 3.28. The van der Waals surface area contributed by atoms with Gasteiger partial charge in [-0.15, -0.1) is 0 Å². The van der Waals surface area contributed by atoms with Crippen LogP contribution in [0.25, 0.3) is 0 Å². The predicted octanol–water partition coefficient (Wildman–Crippen LogP) is 2.79. The van der Waals surface area contributed by atoms with Crippen molar-refractivity contribution in [2.24, 2.45) is 5.92 Å². The number of rotatable bonds is 7. The van der Waals surface area contributed by atoms with Crippen molar-refractivity contribution in [2.75, 3.05) is 30.5 Å². The lowest BCUT2D eigenvalue weighted by molar-refractivity contribution is -0.384. The van der Waals surface area contributed by atoms with Crippen LogP contribution in [0.4, 0.5) is 17.1 Å². The highest BCUT2D eigenvalue weighted by Gasteiger charge is 2.36. The zero-order chi connectivity index (χ0) is 22.5. The van der Waals surface area contributed by atoms with Gasteiger partial charge in [0.15, 0.2) is 6.61 Å². The van der Waals surface area contributed by atoms with E-state index >= 15 is 0 Å². The van der Waals surface area contributed by atoms with E-state index in [-0.39, 0.29) is 24.6 Å². The van der Waals surface area contributed by atoms with Crippen LogP contribution in [0.1, 0.15) is 6.42 Å². The Morgan fingerprint density at radius 3 is 2.77 bits per heavy atom. The number of methoxy groups -OCH3 is 1. The molecule has 2 aromatic rings. The smallest absolute Gasteiger partial charge is 0.311 e. The number of esters is 1. The van der Waals surface area contributed by atoms with Crippen molar-refractivity contribution >= 4 is 46.4 Å². The van der Waals surface area contributed by atoms with Crippen LogP contribution in [0.15, 0.2) is 42.5 Å². The highest BCUT2D eigenvalue weighted by atomic mass is 35.5. The van der Waals surface area contributed by atoms with Crippen LogP contribution in [-0.4, -0.2) is 43.0 Å². The molecule has 1 aliphatic rings.